The zero-order chi connectivity index (χ0) is 52.7. The Morgan fingerprint density at radius 2 is 1.61 bits per heavy atom. The minimum Gasteiger partial charge on any atom is -0.480 e. The number of aryl methyl sites for hydroxylation is 1. The third-order valence-corrected chi connectivity index (χ3v) is 16.8. The Hall–Kier alpha value is -6.76. The number of piperidine rings is 2. The number of imide groups is 2. The first-order valence-electron chi connectivity index (χ1n) is 26.5. The monoisotopic (exact) mass is 995 g/mol. The van der Waals surface area contributed by atoms with E-state index in [9.17, 15) is 29.1 Å². The molecule has 3 fully saturated rings. The van der Waals surface area contributed by atoms with Crippen molar-refractivity contribution in [1.82, 2.24) is 30.1 Å². The van der Waals surface area contributed by atoms with Gasteiger partial charge in [0.1, 0.15) is 23.4 Å². The molecule has 1 aromatic carbocycles. The Balaban J connectivity index is 0.761. The first kappa shape index (κ1) is 44.0. The average Bonchev–Trinajstić information content (AvgIpc) is 3.87. The van der Waals surface area contributed by atoms with Gasteiger partial charge in [-0.25, -0.2) is 15.0 Å². The summed E-state index contributed by atoms with van der Waals surface area (Å²) in [5.74, 6) is -1.56. The number of aliphatic hydroxyl groups is 1. The van der Waals surface area contributed by atoms with Gasteiger partial charge in [0.15, 0.2) is 0 Å². The third-order valence-electron chi connectivity index (χ3n) is 15.5. The molecule has 4 atom stereocenters. The Bertz CT molecular complexity index is 3140. The molecule has 5 aromatic rings. The topological polar surface area (TPSA) is 194 Å². The highest BCUT2D eigenvalue weighted by Gasteiger charge is 2.45. The molecule has 11 rings (SSSR count). The Kier molecular flexibility index (Phi) is 11.4. The first-order chi connectivity index (χ1) is 35.8. The number of aromatic nitrogens is 3. The lowest BCUT2D eigenvalue weighted by molar-refractivity contribution is -0.136. The Morgan fingerprint density at radius 3 is 2.38 bits per heavy atom. The summed E-state index contributed by atoms with van der Waals surface area (Å²) < 4.78 is 29.1. The number of ether oxygens (including phenoxy) is 1. The predicted molar refractivity (Wildman–Crippen MR) is 274 cm³/mol. The van der Waals surface area contributed by atoms with Gasteiger partial charge in [0, 0.05) is 91.4 Å². The second-order valence-corrected chi connectivity index (χ2v) is 21.6. The number of nitrogens with zero attached hydrogens (tertiary/aromatic N) is 8. The number of pyridine rings is 3. The summed E-state index contributed by atoms with van der Waals surface area (Å²) >= 11 is 1.59. The molecule has 4 aromatic heterocycles. The lowest BCUT2D eigenvalue weighted by atomic mass is 9.89. The van der Waals surface area contributed by atoms with Gasteiger partial charge < -0.3 is 25.0 Å². The number of anilines is 5. The third kappa shape index (κ3) is 8.45. The molecule has 0 saturated carbocycles. The number of thiophene rings is 1. The van der Waals surface area contributed by atoms with Gasteiger partial charge in [0.2, 0.25) is 17.7 Å². The van der Waals surface area contributed by atoms with Crippen LogP contribution < -0.4 is 30.1 Å². The van der Waals surface area contributed by atoms with E-state index in [2.05, 4.69) is 44.2 Å². The van der Waals surface area contributed by atoms with E-state index in [0.29, 0.717) is 47.3 Å². The number of nitrogens with one attached hydrogen (secondary N) is 2. The van der Waals surface area contributed by atoms with Crippen molar-refractivity contribution in [2.24, 2.45) is 0 Å². The molecule has 2 unspecified atom stereocenters. The van der Waals surface area contributed by atoms with Crippen LogP contribution >= 0.6 is 11.3 Å². The standard InChI is InChI=1S/C54H60N10O7S/c1-30-24-33(17-20-61(30)34-10-12-39-40(26-34)52(68)64(51(39)67)42-13-15-45(65)59-49(42)66)60-22-23-62(31(2)29-60)35-11-14-44(56-28-35)58-41-25-32(27-57-50(41)71-5)36-16-19-55-48(46(36)54(3,4)70)63-21-18-38-37-8-6-7-9-43(37)72-47(38)53(63)69/h10-12,14,16,19,25-28,30-31,33,42,70H,6-9,13,15,17-18,20-24,29H2,1-5H3,(H,56,58)(H,59,65,66)/t30-,31+,33?,42?/m1/s1/i5D3. The molecule has 0 radical (unpaired) electrons. The van der Waals surface area contributed by atoms with Gasteiger partial charge in [0.05, 0.1) is 44.6 Å². The fourth-order valence-corrected chi connectivity index (χ4v) is 13.3. The average molecular weight is 996 g/mol. The van der Waals surface area contributed by atoms with Crippen molar-refractivity contribution in [1.29, 1.82) is 0 Å². The van der Waals surface area contributed by atoms with Gasteiger partial charge in [-0.2, -0.15) is 0 Å². The zero-order valence-corrected chi connectivity index (χ0v) is 41.7. The van der Waals surface area contributed by atoms with Crippen LogP contribution in [0.15, 0.2) is 61.1 Å². The molecule has 0 spiro atoms. The largest absolute Gasteiger partial charge is 0.480 e. The maximum Gasteiger partial charge on any atom is 0.269 e. The molecule has 72 heavy (non-hydrogen) atoms. The number of hydrogen-bond acceptors (Lipinski definition) is 15. The van der Waals surface area contributed by atoms with Crippen LogP contribution in [0.3, 0.4) is 0 Å². The Morgan fingerprint density at radius 1 is 0.806 bits per heavy atom. The highest BCUT2D eigenvalue weighted by Crippen LogP contribution is 2.44. The lowest BCUT2D eigenvalue weighted by Gasteiger charge is -2.48. The van der Waals surface area contributed by atoms with E-state index in [1.807, 2.05) is 18.2 Å². The van der Waals surface area contributed by atoms with E-state index < -0.39 is 42.3 Å². The normalized spacial score (nSPS) is 23.5. The highest BCUT2D eigenvalue weighted by atomic mass is 32.1. The molecule has 6 aliphatic rings. The Labute approximate surface area is 426 Å². The van der Waals surface area contributed by atoms with E-state index in [1.54, 1.807) is 66.7 Å². The minimum absolute atomic E-state index is 0.0659. The van der Waals surface area contributed by atoms with Crippen molar-refractivity contribution >= 4 is 69.6 Å². The minimum atomic E-state index is -2.80. The molecule has 0 bridgehead atoms. The van der Waals surface area contributed by atoms with Gasteiger partial charge in [-0.3, -0.25) is 44.0 Å². The SMILES string of the molecule is [2H]C([2H])([2H])Oc1ncc(-c2ccnc(N3CCc4c(sc5c4CCCC5)C3=O)c2C(C)(C)O)cc1Nc1ccc(N2CCN(C3CCN(c4ccc5c(c4)C(=O)N(C4CCC(=O)NC4=O)C5=O)[C@H](C)C3)C[C@@H]2C)cn1. The van der Waals surface area contributed by atoms with E-state index in [-0.39, 0.29) is 53.5 Å². The molecule has 3 N–H and O–H groups in total. The van der Waals surface area contributed by atoms with Crippen LogP contribution in [0, 0.1) is 0 Å². The summed E-state index contributed by atoms with van der Waals surface area (Å²) in [6, 6.07) is 12.2. The second kappa shape index (κ2) is 18.7. The summed E-state index contributed by atoms with van der Waals surface area (Å²) in [5, 5.41) is 17.3. The van der Waals surface area contributed by atoms with Gasteiger partial charge >= 0.3 is 0 Å². The van der Waals surface area contributed by atoms with Crippen LogP contribution in [0.1, 0.15) is 122 Å². The number of rotatable bonds is 10. The van der Waals surface area contributed by atoms with Crippen molar-refractivity contribution in [3.63, 3.8) is 0 Å². The van der Waals surface area contributed by atoms with Crippen molar-refractivity contribution in [3.8, 4) is 17.0 Å². The molecule has 9 heterocycles. The summed E-state index contributed by atoms with van der Waals surface area (Å²) in [5.41, 5.74) is 5.15. The molecule has 5 amide bonds. The van der Waals surface area contributed by atoms with Crippen LogP contribution in [-0.2, 0) is 34.5 Å². The number of fused-ring (bicyclic) bond motifs is 4. The quantitative estimate of drug-likeness (QED) is 0.126. The second-order valence-electron chi connectivity index (χ2n) is 20.5. The number of hydrogen-bond donors (Lipinski definition) is 3. The van der Waals surface area contributed by atoms with Gasteiger partial charge in [-0.1, -0.05) is 0 Å². The van der Waals surface area contributed by atoms with E-state index in [1.165, 1.54) is 16.6 Å². The number of benzene rings is 1. The molecule has 18 heteroatoms. The van der Waals surface area contributed by atoms with Crippen molar-refractivity contribution in [2.45, 2.75) is 115 Å². The number of piperazine rings is 1. The summed E-state index contributed by atoms with van der Waals surface area (Å²) in [4.78, 5) is 91.3. The van der Waals surface area contributed by atoms with Crippen molar-refractivity contribution < 1.29 is 37.9 Å². The van der Waals surface area contributed by atoms with Crippen LogP contribution in [0.25, 0.3) is 11.1 Å². The molecule has 17 nitrogen and oxygen atoms in total. The van der Waals surface area contributed by atoms with Crippen LogP contribution in [-0.4, -0.2) is 123 Å². The summed E-state index contributed by atoms with van der Waals surface area (Å²) in [6.45, 7) is 11.3. The predicted octanol–water partition coefficient (Wildman–Crippen LogP) is 6.63. The smallest absolute Gasteiger partial charge is 0.269 e. The van der Waals surface area contributed by atoms with Gasteiger partial charge in [-0.05, 0) is 138 Å². The van der Waals surface area contributed by atoms with Crippen LogP contribution in [0.4, 0.5) is 28.7 Å². The molecule has 1 aliphatic carbocycles. The summed E-state index contributed by atoms with van der Waals surface area (Å²) in [6.07, 6.45) is 11.8. The zero-order valence-electron chi connectivity index (χ0n) is 43.9. The fraction of sp³-hybridized carbons (Fsp3) is 0.444. The number of amides is 5. The highest BCUT2D eigenvalue weighted by molar-refractivity contribution is 7.14. The van der Waals surface area contributed by atoms with E-state index in [0.717, 1.165) is 91.4 Å². The van der Waals surface area contributed by atoms with Gasteiger partial charge in [-0.15, -0.1) is 11.3 Å². The number of carbonyl (C=O) groups excluding carboxylic acids is 5. The summed E-state index contributed by atoms with van der Waals surface area (Å²) in [7, 11) is -2.80. The van der Waals surface area contributed by atoms with E-state index in [4.69, 9.17) is 18.8 Å². The number of methoxy groups -OCH3 is 1. The van der Waals surface area contributed by atoms with Crippen molar-refractivity contribution in [3.05, 3.63) is 98.6 Å². The first-order valence-corrected chi connectivity index (χ1v) is 25.9. The number of carbonyl (C=O) groups is 5. The maximum absolute atomic E-state index is 14.3. The molecule has 374 valence electrons. The lowest BCUT2D eigenvalue weighted by Crippen LogP contribution is -2.58. The van der Waals surface area contributed by atoms with Crippen molar-refractivity contribution in [2.75, 3.05) is 59.8 Å². The molecular weight excluding hydrogens is 933 g/mol. The molecule has 3 saturated heterocycles. The maximum atomic E-state index is 14.3. The van der Waals surface area contributed by atoms with Crippen LogP contribution in [0.5, 0.6) is 5.88 Å². The van der Waals surface area contributed by atoms with Crippen LogP contribution in [0.2, 0.25) is 0 Å². The van der Waals surface area contributed by atoms with E-state index >= 15 is 0 Å². The molecule has 5 aliphatic heterocycles. The fourth-order valence-electron chi connectivity index (χ4n) is 12.0. The van der Waals surface area contributed by atoms with Gasteiger partial charge in [0.25, 0.3) is 17.7 Å². The molecular formula is C54H60N10O7S.